The summed E-state index contributed by atoms with van der Waals surface area (Å²) in [6, 6.07) is 5.33. The van der Waals surface area contributed by atoms with E-state index in [2.05, 4.69) is 10.2 Å². The van der Waals surface area contributed by atoms with Crippen LogP contribution in [-0.4, -0.2) is 78.7 Å². The summed E-state index contributed by atoms with van der Waals surface area (Å²) in [5.41, 5.74) is 1.45. The topological polar surface area (TPSA) is 113 Å². The summed E-state index contributed by atoms with van der Waals surface area (Å²) < 4.78 is 30.1. The van der Waals surface area contributed by atoms with Gasteiger partial charge in [-0.1, -0.05) is 6.42 Å². The van der Waals surface area contributed by atoms with Gasteiger partial charge in [-0.2, -0.15) is 0 Å². The third-order valence-electron chi connectivity index (χ3n) is 9.12. The molecule has 1 aromatic rings. The first kappa shape index (κ1) is 24.9. The Morgan fingerprint density at radius 3 is 2.43 bits per heavy atom. The van der Waals surface area contributed by atoms with Crippen LogP contribution >= 0.6 is 0 Å². The maximum atomic E-state index is 13.0. The fourth-order valence-corrected chi connectivity index (χ4v) is 8.46. The van der Waals surface area contributed by atoms with Gasteiger partial charge in [0, 0.05) is 37.7 Å². The Hall–Kier alpha value is -2.46. The lowest BCUT2D eigenvalue weighted by Crippen LogP contribution is -2.59. The van der Waals surface area contributed by atoms with E-state index < -0.39 is 21.8 Å². The van der Waals surface area contributed by atoms with Crippen LogP contribution in [0.1, 0.15) is 67.3 Å². The van der Waals surface area contributed by atoms with Crippen LogP contribution in [0, 0.1) is 11.8 Å². The Kier molecular flexibility index (Phi) is 6.51. The minimum atomic E-state index is -2.82. The first-order chi connectivity index (χ1) is 17.8. The Balaban J connectivity index is 1.08. The van der Waals surface area contributed by atoms with E-state index in [1.54, 1.807) is 11.0 Å². The van der Waals surface area contributed by atoms with Gasteiger partial charge in [0.05, 0.1) is 11.5 Å². The molecule has 9 nitrogen and oxygen atoms in total. The molecule has 3 amide bonds. The number of hydrogen-bond donors (Lipinski definition) is 1. The van der Waals surface area contributed by atoms with Crippen molar-refractivity contribution in [2.24, 2.45) is 11.8 Å². The highest BCUT2D eigenvalue weighted by molar-refractivity contribution is 7.91. The van der Waals surface area contributed by atoms with Crippen molar-refractivity contribution >= 4 is 27.6 Å². The van der Waals surface area contributed by atoms with Crippen molar-refractivity contribution in [1.29, 1.82) is 0 Å². The number of rotatable bonds is 5. The summed E-state index contributed by atoms with van der Waals surface area (Å²) >= 11 is 0. The average molecular weight is 530 g/mol. The van der Waals surface area contributed by atoms with Crippen LogP contribution in [0.4, 0.5) is 0 Å². The molecule has 0 aromatic heterocycles. The highest BCUT2D eigenvalue weighted by atomic mass is 32.2. The molecule has 10 heteroatoms. The number of fused-ring (bicyclic) bond motifs is 1. The predicted molar refractivity (Wildman–Crippen MR) is 136 cm³/mol. The third-order valence-corrected chi connectivity index (χ3v) is 10.8. The fourth-order valence-electron chi connectivity index (χ4n) is 6.93. The summed E-state index contributed by atoms with van der Waals surface area (Å²) in [7, 11) is -2.82. The molecule has 6 rings (SSSR count). The molecule has 5 aliphatic rings. The van der Waals surface area contributed by atoms with Gasteiger partial charge in [-0.3, -0.25) is 24.6 Å². The Labute approximate surface area is 217 Å². The minimum absolute atomic E-state index is 0.0859. The van der Waals surface area contributed by atoms with E-state index in [-0.39, 0.29) is 24.3 Å². The molecule has 4 fully saturated rings. The van der Waals surface area contributed by atoms with Crippen molar-refractivity contribution in [1.82, 2.24) is 15.1 Å². The van der Waals surface area contributed by atoms with E-state index in [0.29, 0.717) is 47.9 Å². The van der Waals surface area contributed by atoms with E-state index in [0.717, 1.165) is 56.5 Å². The molecule has 1 aliphatic carbocycles. The number of amides is 3. The van der Waals surface area contributed by atoms with Crippen LogP contribution < -0.4 is 10.1 Å². The Morgan fingerprint density at radius 1 is 0.919 bits per heavy atom. The number of likely N-dealkylation sites (tertiary alicyclic amines) is 1. The Morgan fingerprint density at radius 2 is 1.68 bits per heavy atom. The SMILES string of the molecule is O=C1CCC(N2Cc3cc(O[C@H]4CCCC[C@@H]4N4CC(C5CCS(=O)(=O)CC5)C4)ccc3C2=O)C(=O)N1. The molecular formula is C27H35N3O6S. The van der Waals surface area contributed by atoms with Gasteiger partial charge >= 0.3 is 0 Å². The van der Waals surface area contributed by atoms with Crippen molar-refractivity contribution in [3.63, 3.8) is 0 Å². The molecule has 200 valence electrons. The zero-order valence-electron chi connectivity index (χ0n) is 21.1. The van der Waals surface area contributed by atoms with Gasteiger partial charge in [0.1, 0.15) is 27.7 Å². The molecule has 1 aromatic carbocycles. The van der Waals surface area contributed by atoms with Gasteiger partial charge in [-0.05, 0) is 74.1 Å². The summed E-state index contributed by atoms with van der Waals surface area (Å²) in [4.78, 5) is 40.9. The number of benzene rings is 1. The minimum Gasteiger partial charge on any atom is -0.489 e. The summed E-state index contributed by atoms with van der Waals surface area (Å²) in [6.45, 7) is 2.39. The quantitative estimate of drug-likeness (QED) is 0.580. The van der Waals surface area contributed by atoms with E-state index in [9.17, 15) is 22.8 Å². The molecule has 4 aliphatic heterocycles. The van der Waals surface area contributed by atoms with Gasteiger partial charge in [0.2, 0.25) is 11.8 Å². The molecular weight excluding hydrogens is 494 g/mol. The van der Waals surface area contributed by atoms with Crippen molar-refractivity contribution in [2.45, 2.75) is 76.1 Å². The summed E-state index contributed by atoms with van der Waals surface area (Å²) in [6.07, 6.45) is 6.69. The number of sulfone groups is 1. The zero-order chi connectivity index (χ0) is 25.7. The maximum absolute atomic E-state index is 13.0. The number of ether oxygens (including phenoxy) is 1. The number of carbonyl (C=O) groups is 3. The second kappa shape index (κ2) is 9.69. The normalized spacial score (nSPS) is 31.1. The standard InChI is InChI=1S/C27H35N3O6S/c31-25-8-7-23(26(32)28-25)30-16-18-13-20(5-6-21(18)27(30)33)36-24-4-2-1-3-22(24)29-14-19(15-29)17-9-11-37(34,35)12-10-17/h5-6,13,17,19,22-24H,1-4,7-12,14-16H2,(H,28,31,32)/t22-,23?,24-/m0/s1. The number of carbonyl (C=O) groups excluding carboxylic acids is 3. The molecule has 0 spiro atoms. The van der Waals surface area contributed by atoms with Crippen molar-refractivity contribution in [3.8, 4) is 5.75 Å². The highest BCUT2D eigenvalue weighted by Gasteiger charge is 2.43. The predicted octanol–water partition coefficient (Wildman–Crippen LogP) is 1.89. The van der Waals surface area contributed by atoms with Gasteiger partial charge in [-0.15, -0.1) is 0 Å². The average Bonchev–Trinajstić information content (AvgIpc) is 3.15. The van der Waals surface area contributed by atoms with Crippen LogP contribution in [0.15, 0.2) is 18.2 Å². The number of hydrogen-bond acceptors (Lipinski definition) is 7. The van der Waals surface area contributed by atoms with Gasteiger partial charge in [-0.25, -0.2) is 8.42 Å². The lowest BCUT2D eigenvalue weighted by molar-refractivity contribution is -0.136. The van der Waals surface area contributed by atoms with Crippen molar-refractivity contribution in [3.05, 3.63) is 29.3 Å². The first-order valence-electron chi connectivity index (χ1n) is 13.7. The first-order valence-corrected chi connectivity index (χ1v) is 15.5. The smallest absolute Gasteiger partial charge is 0.255 e. The van der Waals surface area contributed by atoms with Crippen LogP contribution in [0.3, 0.4) is 0 Å². The molecule has 3 saturated heterocycles. The number of nitrogens with one attached hydrogen (secondary N) is 1. The van der Waals surface area contributed by atoms with Crippen LogP contribution in [0.5, 0.6) is 5.75 Å². The van der Waals surface area contributed by atoms with E-state index in [1.807, 2.05) is 12.1 Å². The second-order valence-corrected chi connectivity index (χ2v) is 13.7. The lowest BCUT2D eigenvalue weighted by Gasteiger charge is -2.51. The molecule has 0 bridgehead atoms. The van der Waals surface area contributed by atoms with Crippen molar-refractivity contribution < 1.29 is 27.5 Å². The van der Waals surface area contributed by atoms with E-state index in [1.165, 1.54) is 6.42 Å². The van der Waals surface area contributed by atoms with Crippen molar-refractivity contribution in [2.75, 3.05) is 24.6 Å². The van der Waals surface area contributed by atoms with E-state index >= 15 is 0 Å². The van der Waals surface area contributed by atoms with Gasteiger partial charge < -0.3 is 9.64 Å². The monoisotopic (exact) mass is 529 g/mol. The molecule has 0 radical (unpaired) electrons. The molecule has 1 saturated carbocycles. The molecule has 1 unspecified atom stereocenters. The van der Waals surface area contributed by atoms with Gasteiger partial charge in [0.25, 0.3) is 5.91 Å². The number of imide groups is 1. The van der Waals surface area contributed by atoms with E-state index in [4.69, 9.17) is 4.74 Å². The van der Waals surface area contributed by atoms with Crippen LogP contribution in [-0.2, 0) is 26.0 Å². The zero-order valence-corrected chi connectivity index (χ0v) is 21.9. The van der Waals surface area contributed by atoms with Gasteiger partial charge in [0.15, 0.2) is 0 Å². The fraction of sp³-hybridized carbons (Fsp3) is 0.667. The highest BCUT2D eigenvalue weighted by Crippen LogP contribution is 2.38. The maximum Gasteiger partial charge on any atom is 0.255 e. The second-order valence-electron chi connectivity index (χ2n) is 11.4. The third kappa shape index (κ3) is 4.90. The molecule has 37 heavy (non-hydrogen) atoms. The summed E-state index contributed by atoms with van der Waals surface area (Å²) in [5, 5.41) is 2.35. The van der Waals surface area contributed by atoms with Crippen LogP contribution in [0.25, 0.3) is 0 Å². The Bertz CT molecular complexity index is 1200. The van der Waals surface area contributed by atoms with Crippen LogP contribution in [0.2, 0.25) is 0 Å². The molecule has 1 N–H and O–H groups in total. The number of piperidine rings is 1. The molecule has 3 atom stereocenters. The molecule has 4 heterocycles. The summed E-state index contributed by atoms with van der Waals surface area (Å²) in [5.74, 6) is 1.67. The number of nitrogens with zero attached hydrogens (tertiary/aromatic N) is 2. The lowest BCUT2D eigenvalue weighted by atomic mass is 9.79. The largest absolute Gasteiger partial charge is 0.489 e.